The molecule has 1 atom stereocenters. The van der Waals surface area contributed by atoms with Crippen LogP contribution in [0.4, 0.5) is 0 Å². The van der Waals surface area contributed by atoms with Crippen LogP contribution in [0.25, 0.3) is 5.69 Å². The van der Waals surface area contributed by atoms with Crippen LogP contribution in [-0.4, -0.2) is 27.7 Å². The van der Waals surface area contributed by atoms with Crippen LogP contribution >= 0.6 is 0 Å². The number of fused-ring (bicyclic) bond motifs is 3. The molecular weight excluding hydrogens is 350 g/mol. The first-order valence-corrected chi connectivity index (χ1v) is 9.43. The predicted octanol–water partition coefficient (Wildman–Crippen LogP) is 2.34. The van der Waals surface area contributed by atoms with Gasteiger partial charge in [0.05, 0.1) is 35.1 Å². The third-order valence-electron chi connectivity index (χ3n) is 4.44. The van der Waals surface area contributed by atoms with E-state index in [0.717, 1.165) is 5.56 Å². The van der Waals surface area contributed by atoms with Crippen LogP contribution in [0.1, 0.15) is 22.9 Å². The molecule has 130 valence electrons. The van der Waals surface area contributed by atoms with Crippen LogP contribution in [0.5, 0.6) is 0 Å². The summed E-state index contributed by atoms with van der Waals surface area (Å²) in [7, 11) is -3.88. The molecule has 2 aromatic carbocycles. The lowest BCUT2D eigenvalue weighted by Gasteiger charge is -2.25. The molecule has 0 bridgehead atoms. The van der Waals surface area contributed by atoms with Crippen molar-refractivity contribution in [3.8, 4) is 11.8 Å². The summed E-state index contributed by atoms with van der Waals surface area (Å²) in [6.45, 7) is 1.90. The minimum Gasteiger partial charge on any atom is -0.216 e. The minimum atomic E-state index is -3.88. The largest absolute Gasteiger partial charge is 0.244 e. The second-order valence-electron chi connectivity index (χ2n) is 6.09. The third kappa shape index (κ3) is 2.49. The van der Waals surface area contributed by atoms with Crippen molar-refractivity contribution in [1.82, 2.24) is 19.3 Å². The third-order valence-corrected chi connectivity index (χ3v) is 6.26. The Hall–Kier alpha value is -3.02. The molecule has 7 nitrogen and oxygen atoms in total. The quantitative estimate of drug-likeness (QED) is 0.695. The average molecular weight is 365 g/mol. The molecule has 4 rings (SSSR count). The molecular formula is C18H15N5O2S. The molecule has 26 heavy (non-hydrogen) atoms. The second kappa shape index (κ2) is 6.05. The summed E-state index contributed by atoms with van der Waals surface area (Å²) in [6, 6.07) is 14.9. The number of rotatable bonds is 2. The monoisotopic (exact) mass is 365 g/mol. The summed E-state index contributed by atoms with van der Waals surface area (Å²) < 4.78 is 29.4. The molecule has 0 saturated heterocycles. The number of para-hydroxylation sites is 1. The summed E-state index contributed by atoms with van der Waals surface area (Å²) in [4.78, 5) is 0.154. The summed E-state index contributed by atoms with van der Waals surface area (Å²) in [6.07, 6.45) is 1.52. The summed E-state index contributed by atoms with van der Waals surface area (Å²) in [5, 5.41) is 17.8. The van der Waals surface area contributed by atoms with Gasteiger partial charge in [-0.05, 0) is 25.1 Å². The molecule has 0 fully saturated rings. The molecule has 0 N–H and O–H groups in total. The topological polar surface area (TPSA) is 91.9 Å². The first-order valence-electron chi connectivity index (χ1n) is 7.99. The summed E-state index contributed by atoms with van der Waals surface area (Å²) in [5.74, 6) is 0. The molecule has 1 unspecified atom stereocenters. The Labute approximate surface area is 151 Å². The number of aromatic nitrogens is 3. The van der Waals surface area contributed by atoms with Gasteiger partial charge in [-0.25, -0.2) is 13.1 Å². The van der Waals surface area contributed by atoms with E-state index < -0.39 is 16.1 Å². The molecule has 8 heteroatoms. The normalized spacial score (nSPS) is 17.0. The Morgan fingerprint density at radius 1 is 1.15 bits per heavy atom. The zero-order chi connectivity index (χ0) is 18.3. The lowest BCUT2D eigenvalue weighted by molar-refractivity contribution is 0.368. The maximum atomic E-state index is 13.3. The van der Waals surface area contributed by atoms with Gasteiger partial charge in [0, 0.05) is 5.56 Å². The van der Waals surface area contributed by atoms with Gasteiger partial charge < -0.3 is 0 Å². The van der Waals surface area contributed by atoms with Crippen LogP contribution in [0.15, 0.2) is 59.6 Å². The van der Waals surface area contributed by atoms with Crippen molar-refractivity contribution in [2.45, 2.75) is 24.4 Å². The highest BCUT2D eigenvalue weighted by Gasteiger charge is 2.37. The Morgan fingerprint density at radius 3 is 2.62 bits per heavy atom. The molecule has 1 aliphatic rings. The number of nitriles is 1. The van der Waals surface area contributed by atoms with E-state index in [9.17, 15) is 13.7 Å². The molecule has 0 radical (unpaired) electrons. The second-order valence-corrected chi connectivity index (χ2v) is 7.98. The zero-order valence-electron chi connectivity index (χ0n) is 13.9. The number of sulfonamides is 1. The lowest BCUT2D eigenvalue weighted by atomic mass is 10.1. The van der Waals surface area contributed by atoms with Crippen LogP contribution in [0, 0.1) is 18.3 Å². The number of benzene rings is 2. The molecule has 0 aliphatic carbocycles. The van der Waals surface area contributed by atoms with E-state index in [4.69, 9.17) is 0 Å². The Morgan fingerprint density at radius 2 is 1.88 bits per heavy atom. The van der Waals surface area contributed by atoms with Crippen LogP contribution < -0.4 is 0 Å². The molecule has 0 amide bonds. The van der Waals surface area contributed by atoms with Crippen LogP contribution in [0.3, 0.4) is 0 Å². The number of nitrogens with zero attached hydrogens (tertiary/aromatic N) is 5. The first-order chi connectivity index (χ1) is 12.5. The highest BCUT2D eigenvalue weighted by atomic mass is 32.2. The fourth-order valence-corrected chi connectivity index (χ4v) is 4.58. The molecule has 0 spiro atoms. The number of hydrogen-bond donors (Lipinski definition) is 0. The molecule has 1 aromatic heterocycles. The van der Waals surface area contributed by atoms with E-state index in [2.05, 4.69) is 16.4 Å². The first kappa shape index (κ1) is 16.4. The fraction of sp³-hybridized carbons (Fsp3) is 0.167. The van der Waals surface area contributed by atoms with E-state index in [0.29, 0.717) is 16.9 Å². The summed E-state index contributed by atoms with van der Waals surface area (Å²) in [5.41, 5.74) is 2.80. The van der Waals surface area contributed by atoms with Crippen molar-refractivity contribution in [2.24, 2.45) is 0 Å². The van der Waals surface area contributed by atoms with Gasteiger partial charge in [-0.3, -0.25) is 0 Å². The number of aryl methyl sites for hydroxylation is 1. The van der Waals surface area contributed by atoms with Crippen molar-refractivity contribution < 1.29 is 8.42 Å². The van der Waals surface area contributed by atoms with Crippen LogP contribution in [-0.2, 0) is 16.6 Å². The van der Waals surface area contributed by atoms with E-state index in [1.807, 2.05) is 13.0 Å². The smallest absolute Gasteiger partial charge is 0.216 e. The molecule has 1 aliphatic heterocycles. The standard InChI is InChI=1S/C18H15N5O2S/c1-13-6-8-15(9-7-13)26(24,25)22-12-14-11-20-21-23(14)17-5-3-2-4-16(17)18(22)10-19/h2-9,11,18H,12H2,1H3. The zero-order valence-corrected chi connectivity index (χ0v) is 14.8. The van der Waals surface area contributed by atoms with Gasteiger partial charge in [0.2, 0.25) is 10.0 Å². The predicted molar refractivity (Wildman–Crippen MR) is 93.6 cm³/mol. The highest BCUT2D eigenvalue weighted by molar-refractivity contribution is 7.89. The van der Waals surface area contributed by atoms with Gasteiger partial charge in [0.1, 0.15) is 6.04 Å². The van der Waals surface area contributed by atoms with Crippen molar-refractivity contribution in [3.63, 3.8) is 0 Å². The van der Waals surface area contributed by atoms with E-state index in [-0.39, 0.29) is 11.4 Å². The van der Waals surface area contributed by atoms with Gasteiger partial charge in [0.25, 0.3) is 0 Å². The van der Waals surface area contributed by atoms with Gasteiger partial charge in [-0.1, -0.05) is 41.1 Å². The minimum absolute atomic E-state index is 0.0100. The van der Waals surface area contributed by atoms with E-state index in [1.54, 1.807) is 47.1 Å². The lowest BCUT2D eigenvalue weighted by Crippen LogP contribution is -2.33. The SMILES string of the molecule is Cc1ccc(S(=O)(=O)N2Cc3cnnn3-c3ccccc3C2C#N)cc1. The Bertz CT molecular complexity index is 1110. The summed E-state index contributed by atoms with van der Waals surface area (Å²) >= 11 is 0. The molecule has 3 aromatic rings. The van der Waals surface area contributed by atoms with Gasteiger partial charge >= 0.3 is 0 Å². The highest BCUT2D eigenvalue weighted by Crippen LogP contribution is 2.35. The van der Waals surface area contributed by atoms with Gasteiger partial charge in [0.15, 0.2) is 0 Å². The van der Waals surface area contributed by atoms with Crippen molar-refractivity contribution in [1.29, 1.82) is 5.26 Å². The van der Waals surface area contributed by atoms with Gasteiger partial charge in [-0.2, -0.15) is 9.57 Å². The van der Waals surface area contributed by atoms with E-state index in [1.165, 1.54) is 10.5 Å². The maximum Gasteiger partial charge on any atom is 0.244 e. The van der Waals surface area contributed by atoms with Gasteiger partial charge in [-0.15, -0.1) is 5.10 Å². The van der Waals surface area contributed by atoms with Crippen molar-refractivity contribution in [2.75, 3.05) is 0 Å². The van der Waals surface area contributed by atoms with E-state index >= 15 is 0 Å². The van der Waals surface area contributed by atoms with Crippen LogP contribution in [0.2, 0.25) is 0 Å². The Kier molecular flexibility index (Phi) is 3.83. The maximum absolute atomic E-state index is 13.3. The van der Waals surface area contributed by atoms with Crippen molar-refractivity contribution >= 4 is 10.0 Å². The average Bonchev–Trinajstić information content (AvgIpc) is 3.05. The number of hydrogen-bond acceptors (Lipinski definition) is 5. The van der Waals surface area contributed by atoms with Crippen molar-refractivity contribution in [3.05, 3.63) is 71.5 Å². The molecule has 2 heterocycles. The fourth-order valence-electron chi connectivity index (χ4n) is 3.09. The molecule has 0 saturated carbocycles. The Balaban J connectivity index is 1.92.